The van der Waals surface area contributed by atoms with Gasteiger partial charge in [-0.15, -0.1) is 11.3 Å². The molecule has 0 bridgehead atoms. The van der Waals surface area contributed by atoms with Crippen LogP contribution < -0.4 is 0 Å². The van der Waals surface area contributed by atoms with Gasteiger partial charge in [0.15, 0.2) is 0 Å². The van der Waals surface area contributed by atoms with Crippen LogP contribution >= 0.6 is 27.3 Å². The van der Waals surface area contributed by atoms with Crippen molar-refractivity contribution in [3.05, 3.63) is 27.7 Å². The molecule has 2 nitrogen and oxygen atoms in total. The van der Waals surface area contributed by atoms with Crippen molar-refractivity contribution in [2.45, 2.75) is 38.1 Å². The van der Waals surface area contributed by atoms with Crippen molar-refractivity contribution in [3.8, 4) is 0 Å². The maximum absolute atomic E-state index is 4.79. The van der Waals surface area contributed by atoms with E-state index in [-0.39, 0.29) is 0 Å². The molecule has 19 heavy (non-hydrogen) atoms. The second kappa shape index (κ2) is 5.51. The van der Waals surface area contributed by atoms with Crippen molar-refractivity contribution < 1.29 is 0 Å². The lowest BCUT2D eigenvalue weighted by Crippen LogP contribution is -2.41. The maximum atomic E-state index is 4.79. The molecule has 0 N–H and O–H groups in total. The maximum Gasteiger partial charge on any atom is 0.0970 e. The number of rotatable bonds is 4. The van der Waals surface area contributed by atoms with Crippen LogP contribution in [0.1, 0.15) is 37.1 Å². The summed E-state index contributed by atoms with van der Waals surface area (Å²) in [5, 5.41) is 1.33. The molecule has 1 heterocycles. The summed E-state index contributed by atoms with van der Waals surface area (Å²) >= 11 is 5.39. The molecule has 1 saturated carbocycles. The van der Waals surface area contributed by atoms with E-state index in [0.717, 1.165) is 16.0 Å². The first kappa shape index (κ1) is 13.5. The minimum absolute atomic E-state index is 0.681. The fourth-order valence-electron chi connectivity index (χ4n) is 2.78. The predicted molar refractivity (Wildman–Crippen MR) is 86.0 cm³/mol. The van der Waals surface area contributed by atoms with Gasteiger partial charge in [-0.2, -0.15) is 0 Å². The van der Waals surface area contributed by atoms with E-state index in [9.17, 15) is 0 Å². The Kier molecular flexibility index (Phi) is 3.92. The van der Waals surface area contributed by atoms with Crippen LogP contribution in [0.4, 0.5) is 0 Å². The average molecular weight is 339 g/mol. The Hall–Kier alpha value is -0.450. The summed E-state index contributed by atoms with van der Waals surface area (Å²) < 4.78 is 2.44. The number of thiazole rings is 1. The van der Waals surface area contributed by atoms with Gasteiger partial charge in [0.25, 0.3) is 0 Å². The molecular formula is C15H19BrN2S. The second-order valence-corrected chi connectivity index (χ2v) is 7.44. The topological polar surface area (TPSA) is 16.1 Å². The highest BCUT2D eigenvalue weighted by atomic mass is 79.9. The molecule has 1 fully saturated rings. The zero-order valence-electron chi connectivity index (χ0n) is 11.4. The molecule has 0 unspecified atom stereocenters. The second-order valence-electron chi connectivity index (χ2n) is 5.47. The summed E-state index contributed by atoms with van der Waals surface area (Å²) in [5.74, 6) is 0.681. The van der Waals surface area contributed by atoms with Gasteiger partial charge in [0.2, 0.25) is 0 Å². The molecule has 2 aromatic rings. The number of fused-ring (bicyclic) bond motifs is 1. The first-order valence-corrected chi connectivity index (χ1v) is 8.54. The number of nitrogens with zero attached hydrogens (tertiary/aromatic N) is 2. The Morgan fingerprint density at radius 2 is 2.21 bits per heavy atom. The van der Waals surface area contributed by atoms with Gasteiger partial charge in [-0.05, 0) is 51.1 Å². The summed E-state index contributed by atoms with van der Waals surface area (Å²) in [7, 11) is 2.25. The van der Waals surface area contributed by atoms with E-state index in [4.69, 9.17) is 4.98 Å². The Bertz CT molecular complexity index is 575. The zero-order valence-corrected chi connectivity index (χ0v) is 13.8. The van der Waals surface area contributed by atoms with Gasteiger partial charge < -0.3 is 4.90 Å². The molecule has 4 heteroatoms. The zero-order chi connectivity index (χ0) is 13.4. The Morgan fingerprint density at radius 3 is 2.95 bits per heavy atom. The Balaban J connectivity index is 1.70. The molecule has 0 aliphatic heterocycles. The summed E-state index contributed by atoms with van der Waals surface area (Å²) in [5.41, 5.74) is 1.15. The van der Waals surface area contributed by atoms with E-state index in [0.29, 0.717) is 5.92 Å². The number of halogens is 1. The number of benzene rings is 1. The molecule has 1 aliphatic rings. The average Bonchev–Trinajstić information content (AvgIpc) is 2.69. The number of hydrogen-bond donors (Lipinski definition) is 0. The molecule has 3 rings (SSSR count). The first-order chi connectivity index (χ1) is 9.17. The molecule has 1 aromatic heterocycles. The van der Waals surface area contributed by atoms with E-state index in [1.54, 1.807) is 0 Å². The molecule has 0 saturated heterocycles. The molecule has 0 radical (unpaired) electrons. The molecular weight excluding hydrogens is 320 g/mol. The number of aromatic nitrogens is 1. The minimum atomic E-state index is 0.681. The van der Waals surface area contributed by atoms with E-state index < -0.39 is 0 Å². The lowest BCUT2D eigenvalue weighted by atomic mass is 9.80. The van der Waals surface area contributed by atoms with Crippen LogP contribution in [0.5, 0.6) is 0 Å². The highest BCUT2D eigenvalue weighted by Gasteiger charge is 2.34. The monoisotopic (exact) mass is 338 g/mol. The molecule has 0 atom stereocenters. The quantitative estimate of drug-likeness (QED) is 0.806. The Morgan fingerprint density at radius 1 is 1.42 bits per heavy atom. The fraction of sp³-hybridized carbons (Fsp3) is 0.533. The minimum Gasteiger partial charge on any atom is -0.303 e. The van der Waals surface area contributed by atoms with Gasteiger partial charge in [0, 0.05) is 16.4 Å². The highest BCUT2D eigenvalue weighted by Crippen LogP contribution is 2.42. The molecule has 0 spiro atoms. The molecule has 102 valence electrons. The van der Waals surface area contributed by atoms with E-state index in [1.165, 1.54) is 35.5 Å². The van der Waals surface area contributed by atoms with Crippen LogP contribution in [-0.2, 0) is 0 Å². The number of hydrogen-bond acceptors (Lipinski definition) is 3. The third kappa shape index (κ3) is 2.71. The van der Waals surface area contributed by atoms with Crippen LogP contribution in [0.25, 0.3) is 10.2 Å². The van der Waals surface area contributed by atoms with Crippen molar-refractivity contribution in [2.24, 2.45) is 0 Å². The van der Waals surface area contributed by atoms with Crippen LogP contribution in [0.15, 0.2) is 22.7 Å². The fourth-order valence-corrected chi connectivity index (χ4v) is 4.42. The summed E-state index contributed by atoms with van der Waals surface area (Å²) in [6.07, 6.45) is 3.79. The van der Waals surface area contributed by atoms with Gasteiger partial charge in [-0.25, -0.2) is 4.98 Å². The van der Waals surface area contributed by atoms with Gasteiger partial charge in [0.1, 0.15) is 0 Å². The van der Waals surface area contributed by atoms with Crippen molar-refractivity contribution in [3.63, 3.8) is 0 Å². The summed E-state index contributed by atoms with van der Waals surface area (Å²) in [4.78, 5) is 7.30. The van der Waals surface area contributed by atoms with Gasteiger partial charge in [-0.1, -0.05) is 22.9 Å². The van der Waals surface area contributed by atoms with Crippen molar-refractivity contribution in [1.29, 1.82) is 0 Å². The van der Waals surface area contributed by atoms with Crippen molar-refractivity contribution in [2.75, 3.05) is 13.6 Å². The van der Waals surface area contributed by atoms with Crippen LogP contribution in [-0.4, -0.2) is 29.5 Å². The lowest BCUT2D eigenvalue weighted by Gasteiger charge is -2.40. The predicted octanol–water partition coefficient (Wildman–Crippen LogP) is 4.65. The standard InChI is InChI=1S/C15H19BrN2S/c1-3-6-18(2)12-7-10(8-12)15-17-13-5-4-11(16)9-14(13)19-15/h4-5,9-10,12H,3,6-8H2,1-2H3. The van der Waals surface area contributed by atoms with Crippen molar-refractivity contribution in [1.82, 2.24) is 9.88 Å². The van der Waals surface area contributed by atoms with Crippen LogP contribution in [0.2, 0.25) is 0 Å². The van der Waals surface area contributed by atoms with Crippen LogP contribution in [0.3, 0.4) is 0 Å². The molecule has 1 aromatic carbocycles. The van der Waals surface area contributed by atoms with E-state index in [1.807, 2.05) is 11.3 Å². The lowest BCUT2D eigenvalue weighted by molar-refractivity contribution is 0.137. The summed E-state index contributed by atoms with van der Waals surface area (Å²) in [6, 6.07) is 7.13. The highest BCUT2D eigenvalue weighted by molar-refractivity contribution is 9.10. The Labute approximate surface area is 127 Å². The van der Waals surface area contributed by atoms with Gasteiger partial charge in [0.05, 0.1) is 15.2 Å². The smallest absolute Gasteiger partial charge is 0.0970 e. The third-order valence-electron chi connectivity index (χ3n) is 4.03. The first-order valence-electron chi connectivity index (χ1n) is 6.93. The molecule has 0 amide bonds. The van der Waals surface area contributed by atoms with Crippen LogP contribution in [0, 0.1) is 0 Å². The van der Waals surface area contributed by atoms with E-state index in [2.05, 4.69) is 53.0 Å². The SMILES string of the molecule is CCCN(C)C1CC(c2nc3ccc(Br)cc3s2)C1. The largest absolute Gasteiger partial charge is 0.303 e. The van der Waals surface area contributed by atoms with Gasteiger partial charge in [-0.3, -0.25) is 0 Å². The van der Waals surface area contributed by atoms with E-state index >= 15 is 0 Å². The molecule has 1 aliphatic carbocycles. The summed E-state index contributed by atoms with van der Waals surface area (Å²) in [6.45, 7) is 3.46. The normalized spacial score (nSPS) is 22.9. The van der Waals surface area contributed by atoms with Gasteiger partial charge >= 0.3 is 0 Å². The third-order valence-corrected chi connectivity index (χ3v) is 5.70. The van der Waals surface area contributed by atoms with Crippen molar-refractivity contribution >= 4 is 37.5 Å².